The van der Waals surface area contributed by atoms with Gasteiger partial charge in [-0.1, -0.05) is 22.0 Å². The number of nitrogens with zero attached hydrogens (tertiary/aromatic N) is 1. The van der Waals surface area contributed by atoms with E-state index in [4.69, 9.17) is 4.74 Å². The lowest BCUT2D eigenvalue weighted by Gasteiger charge is -2.20. The lowest BCUT2D eigenvalue weighted by atomic mass is 10.0. The Morgan fingerprint density at radius 2 is 2.00 bits per heavy atom. The monoisotopic (exact) mass is 369 g/mol. The zero-order valence-electron chi connectivity index (χ0n) is 12.8. The minimum atomic E-state index is -0.978. The maximum absolute atomic E-state index is 12.2. The molecule has 0 spiro atoms. The molecular weight excluding hydrogens is 350 g/mol. The number of aliphatic hydroxyl groups excluding tert-OH is 2. The number of halogens is 1. The lowest BCUT2D eigenvalue weighted by molar-refractivity contribution is 0.0343. The highest BCUT2D eigenvalue weighted by Crippen LogP contribution is 2.25. The number of hydrogen-bond acceptors (Lipinski definition) is 4. The van der Waals surface area contributed by atoms with Gasteiger partial charge in [-0.2, -0.15) is 0 Å². The van der Waals surface area contributed by atoms with Gasteiger partial charge in [0, 0.05) is 16.9 Å². The predicted molar refractivity (Wildman–Crippen MR) is 88.3 cm³/mol. The number of hydrogen-bond donors (Lipinski definition) is 2. The van der Waals surface area contributed by atoms with Gasteiger partial charge in [-0.05, 0) is 44.5 Å². The third-order valence-corrected chi connectivity index (χ3v) is 3.83. The molecule has 0 radical (unpaired) electrons. The van der Waals surface area contributed by atoms with Gasteiger partial charge in [0.25, 0.3) is 0 Å². The molecule has 0 saturated carbocycles. The molecule has 2 unspecified atom stereocenters. The summed E-state index contributed by atoms with van der Waals surface area (Å²) in [5.41, 5.74) is 0.726. The van der Waals surface area contributed by atoms with E-state index in [0.717, 1.165) is 5.39 Å². The first-order valence-corrected chi connectivity index (χ1v) is 8.11. The van der Waals surface area contributed by atoms with Crippen molar-refractivity contribution in [2.45, 2.75) is 38.6 Å². The van der Waals surface area contributed by atoms with E-state index < -0.39 is 23.9 Å². The second-order valence-corrected chi connectivity index (χ2v) is 6.80. The van der Waals surface area contributed by atoms with Gasteiger partial charge >= 0.3 is 6.09 Å². The van der Waals surface area contributed by atoms with Gasteiger partial charge in [0.2, 0.25) is 0 Å². The van der Waals surface area contributed by atoms with Crippen LogP contribution in [0.2, 0.25) is 0 Å². The van der Waals surface area contributed by atoms with Crippen LogP contribution in [0.25, 0.3) is 10.9 Å². The fraction of sp³-hybridized carbons (Fsp3) is 0.438. The highest BCUT2D eigenvalue weighted by molar-refractivity contribution is 9.09. The van der Waals surface area contributed by atoms with E-state index in [9.17, 15) is 15.0 Å². The standard InChI is InChI=1S/C16H20BrNO4/c1-16(2,3)22-15(21)18-7-6-10-8-11(4-5-12(10)18)14(20)13(19)9-17/h4-8,13-14,19-20H,9H2,1-3H3. The van der Waals surface area contributed by atoms with Crippen LogP contribution >= 0.6 is 15.9 Å². The van der Waals surface area contributed by atoms with Crippen LogP contribution in [0.3, 0.4) is 0 Å². The maximum Gasteiger partial charge on any atom is 0.418 e. The smallest absolute Gasteiger partial charge is 0.418 e. The Hall–Kier alpha value is -1.37. The minimum absolute atomic E-state index is 0.283. The van der Waals surface area contributed by atoms with E-state index in [2.05, 4.69) is 15.9 Å². The molecule has 1 heterocycles. The second kappa shape index (κ2) is 6.40. The Kier molecular flexibility index (Phi) is 4.94. The fourth-order valence-corrected chi connectivity index (χ4v) is 2.48. The molecule has 0 saturated heterocycles. The first-order valence-electron chi connectivity index (χ1n) is 6.99. The van der Waals surface area contributed by atoms with Crippen LogP contribution in [0, 0.1) is 0 Å². The predicted octanol–water partition coefficient (Wildman–Crippen LogP) is 3.21. The van der Waals surface area contributed by atoms with Crippen molar-refractivity contribution < 1.29 is 19.7 Å². The molecule has 0 aliphatic rings. The Bertz CT molecular complexity index is 674. The molecule has 2 rings (SSSR count). The van der Waals surface area contributed by atoms with Crippen molar-refractivity contribution in [2.24, 2.45) is 0 Å². The van der Waals surface area contributed by atoms with Crippen LogP contribution in [0.4, 0.5) is 4.79 Å². The van der Waals surface area contributed by atoms with Gasteiger partial charge in [-0.15, -0.1) is 0 Å². The maximum atomic E-state index is 12.2. The summed E-state index contributed by atoms with van der Waals surface area (Å²) in [6.07, 6.45) is -0.675. The lowest BCUT2D eigenvalue weighted by Crippen LogP contribution is -2.26. The number of alkyl halides is 1. The summed E-state index contributed by atoms with van der Waals surface area (Å²) in [6.45, 7) is 5.44. The van der Waals surface area contributed by atoms with Crippen molar-refractivity contribution in [3.8, 4) is 0 Å². The number of carbonyl (C=O) groups excluding carboxylic acids is 1. The topological polar surface area (TPSA) is 71.7 Å². The molecule has 2 atom stereocenters. The number of fused-ring (bicyclic) bond motifs is 1. The van der Waals surface area contributed by atoms with Crippen molar-refractivity contribution in [1.82, 2.24) is 4.57 Å². The molecule has 1 aromatic carbocycles. The van der Waals surface area contributed by atoms with Crippen molar-refractivity contribution in [3.63, 3.8) is 0 Å². The average molecular weight is 370 g/mol. The molecular formula is C16H20BrNO4. The van der Waals surface area contributed by atoms with E-state index >= 15 is 0 Å². The average Bonchev–Trinajstić information content (AvgIpc) is 2.86. The molecule has 0 fully saturated rings. The minimum Gasteiger partial charge on any atom is -0.443 e. The summed E-state index contributed by atoms with van der Waals surface area (Å²) in [4.78, 5) is 12.2. The number of aromatic nitrogens is 1. The van der Waals surface area contributed by atoms with Crippen LogP contribution in [-0.2, 0) is 4.74 Å². The number of benzene rings is 1. The SMILES string of the molecule is CC(C)(C)OC(=O)n1ccc2cc(C(O)C(O)CBr)ccc21. The third-order valence-electron chi connectivity index (χ3n) is 3.17. The number of carbonyl (C=O) groups is 1. The molecule has 2 N–H and O–H groups in total. The van der Waals surface area contributed by atoms with E-state index in [0.29, 0.717) is 11.1 Å². The molecule has 0 aliphatic heterocycles. The van der Waals surface area contributed by atoms with Crippen LogP contribution < -0.4 is 0 Å². The molecule has 0 aliphatic carbocycles. The van der Waals surface area contributed by atoms with Crippen molar-refractivity contribution in [1.29, 1.82) is 0 Å². The summed E-state index contributed by atoms with van der Waals surface area (Å²) >= 11 is 3.14. The van der Waals surface area contributed by atoms with E-state index in [1.54, 1.807) is 30.5 Å². The molecule has 6 heteroatoms. The Labute approximate surface area is 137 Å². The van der Waals surface area contributed by atoms with Gasteiger partial charge in [-0.3, -0.25) is 4.57 Å². The summed E-state index contributed by atoms with van der Waals surface area (Å²) in [5, 5.41) is 20.8. The van der Waals surface area contributed by atoms with Gasteiger partial charge in [0.1, 0.15) is 11.7 Å². The fourth-order valence-electron chi connectivity index (χ4n) is 2.12. The highest BCUT2D eigenvalue weighted by Gasteiger charge is 2.21. The largest absolute Gasteiger partial charge is 0.443 e. The molecule has 1 aromatic heterocycles. The van der Waals surface area contributed by atoms with Crippen LogP contribution in [0.1, 0.15) is 32.4 Å². The van der Waals surface area contributed by atoms with Crippen molar-refractivity contribution in [2.75, 3.05) is 5.33 Å². The molecule has 22 heavy (non-hydrogen) atoms. The Balaban J connectivity index is 2.33. The van der Waals surface area contributed by atoms with E-state index in [1.165, 1.54) is 4.57 Å². The summed E-state index contributed by atoms with van der Waals surface area (Å²) in [7, 11) is 0. The molecule has 0 amide bonds. The number of ether oxygens (including phenoxy) is 1. The van der Waals surface area contributed by atoms with E-state index in [1.807, 2.05) is 20.8 Å². The van der Waals surface area contributed by atoms with Crippen LogP contribution in [0.5, 0.6) is 0 Å². The third kappa shape index (κ3) is 3.69. The van der Waals surface area contributed by atoms with Crippen molar-refractivity contribution >= 4 is 32.9 Å². The zero-order valence-corrected chi connectivity index (χ0v) is 14.4. The number of rotatable bonds is 3. The van der Waals surface area contributed by atoms with Crippen LogP contribution in [0.15, 0.2) is 30.5 Å². The van der Waals surface area contributed by atoms with Gasteiger partial charge < -0.3 is 14.9 Å². The van der Waals surface area contributed by atoms with E-state index in [-0.39, 0.29) is 5.33 Å². The normalized spacial score (nSPS) is 14.8. The van der Waals surface area contributed by atoms with Gasteiger partial charge in [0.05, 0.1) is 11.6 Å². The second-order valence-electron chi connectivity index (χ2n) is 6.15. The summed E-state index contributed by atoms with van der Waals surface area (Å²) in [6, 6.07) is 6.96. The van der Waals surface area contributed by atoms with Crippen LogP contribution in [-0.4, -0.2) is 37.9 Å². The summed E-state index contributed by atoms with van der Waals surface area (Å²) in [5.74, 6) is 0. The first-order chi connectivity index (χ1) is 10.2. The molecule has 5 nitrogen and oxygen atoms in total. The van der Waals surface area contributed by atoms with Gasteiger partial charge in [-0.25, -0.2) is 4.79 Å². The Morgan fingerprint density at radius 1 is 1.32 bits per heavy atom. The molecule has 2 aromatic rings. The quantitative estimate of drug-likeness (QED) is 0.814. The molecule has 0 bridgehead atoms. The molecule has 120 valence electrons. The number of aliphatic hydroxyl groups is 2. The summed E-state index contributed by atoms with van der Waals surface area (Å²) < 4.78 is 6.78. The van der Waals surface area contributed by atoms with Gasteiger partial charge in [0.15, 0.2) is 0 Å². The highest BCUT2D eigenvalue weighted by atomic mass is 79.9. The first kappa shape index (κ1) is 17.0. The Morgan fingerprint density at radius 3 is 2.59 bits per heavy atom. The van der Waals surface area contributed by atoms with Crippen molar-refractivity contribution in [3.05, 3.63) is 36.0 Å². The zero-order chi connectivity index (χ0) is 16.5.